The molecule has 5 nitrogen and oxygen atoms in total. The maximum atomic E-state index is 13.1. The van der Waals surface area contributed by atoms with Crippen molar-refractivity contribution in [3.8, 4) is 0 Å². The Morgan fingerprint density at radius 1 is 1.19 bits per heavy atom. The van der Waals surface area contributed by atoms with Gasteiger partial charge in [-0.1, -0.05) is 12.1 Å². The Morgan fingerprint density at radius 3 is 2.62 bits per heavy atom. The van der Waals surface area contributed by atoms with E-state index >= 15 is 0 Å². The zero-order valence-corrected chi connectivity index (χ0v) is 11.0. The minimum Gasteiger partial charge on any atom is -0.478 e. The molecular formula is C15H13FN2O3. The predicted octanol–water partition coefficient (Wildman–Crippen LogP) is 2.23. The molecule has 21 heavy (non-hydrogen) atoms. The van der Waals surface area contributed by atoms with E-state index in [1.807, 2.05) is 0 Å². The van der Waals surface area contributed by atoms with Crippen molar-refractivity contribution < 1.29 is 19.1 Å². The lowest BCUT2D eigenvalue weighted by Gasteiger charge is -2.10. The zero-order chi connectivity index (χ0) is 15.4. The van der Waals surface area contributed by atoms with Crippen LogP contribution in [0.5, 0.6) is 0 Å². The fraction of sp³-hybridized carbons (Fsp3) is 0.0667. The third-order valence-electron chi connectivity index (χ3n) is 2.90. The minimum absolute atomic E-state index is 0.0457. The Bertz CT molecular complexity index is 701. The first-order valence-electron chi connectivity index (χ1n) is 6.13. The van der Waals surface area contributed by atoms with Crippen molar-refractivity contribution >= 4 is 17.6 Å². The second kappa shape index (κ2) is 6.04. The summed E-state index contributed by atoms with van der Waals surface area (Å²) in [6.45, 7) is 0.285. The van der Waals surface area contributed by atoms with E-state index in [1.165, 1.54) is 24.3 Å². The van der Waals surface area contributed by atoms with Crippen LogP contribution < -0.4 is 11.1 Å². The zero-order valence-electron chi connectivity index (χ0n) is 11.0. The molecule has 6 heteroatoms. The molecule has 2 rings (SSSR count). The lowest BCUT2D eigenvalue weighted by atomic mass is 10.1. The van der Waals surface area contributed by atoms with Gasteiger partial charge in [-0.05, 0) is 35.9 Å². The Labute approximate surface area is 120 Å². The first kappa shape index (κ1) is 14.5. The number of hydrogen-bond acceptors (Lipinski definition) is 3. The summed E-state index contributed by atoms with van der Waals surface area (Å²) in [6, 6.07) is 10.0. The molecule has 0 bridgehead atoms. The highest BCUT2D eigenvalue weighted by atomic mass is 19.1. The van der Waals surface area contributed by atoms with Gasteiger partial charge in [-0.3, -0.25) is 4.79 Å². The van der Waals surface area contributed by atoms with Crippen molar-refractivity contribution in [1.82, 2.24) is 0 Å². The van der Waals surface area contributed by atoms with Gasteiger partial charge in [0.1, 0.15) is 5.82 Å². The lowest BCUT2D eigenvalue weighted by Crippen LogP contribution is -2.15. The molecule has 2 aromatic carbocycles. The summed E-state index contributed by atoms with van der Waals surface area (Å²) < 4.78 is 13.1. The van der Waals surface area contributed by atoms with Crippen LogP contribution in [0.25, 0.3) is 0 Å². The molecule has 0 aliphatic carbocycles. The number of carbonyl (C=O) groups excluding carboxylic acids is 1. The number of primary amides is 1. The van der Waals surface area contributed by atoms with Crippen molar-refractivity contribution in [1.29, 1.82) is 0 Å². The molecule has 0 aliphatic rings. The monoisotopic (exact) mass is 288 g/mol. The maximum Gasteiger partial charge on any atom is 0.335 e. The average molecular weight is 288 g/mol. The molecule has 108 valence electrons. The summed E-state index contributed by atoms with van der Waals surface area (Å²) in [5.41, 5.74) is 6.52. The molecule has 1 amide bonds. The average Bonchev–Trinajstić information content (AvgIpc) is 2.46. The van der Waals surface area contributed by atoms with Gasteiger partial charge in [0.15, 0.2) is 0 Å². The molecular weight excluding hydrogens is 275 g/mol. The highest BCUT2D eigenvalue weighted by Crippen LogP contribution is 2.18. The first-order chi connectivity index (χ1) is 9.97. The molecule has 0 saturated carbocycles. The van der Waals surface area contributed by atoms with Crippen LogP contribution in [0.15, 0.2) is 42.5 Å². The fourth-order valence-electron chi connectivity index (χ4n) is 1.89. The number of amides is 1. The van der Waals surface area contributed by atoms with E-state index in [0.29, 0.717) is 5.69 Å². The number of aromatic carboxylic acids is 1. The SMILES string of the molecule is NC(=O)c1cc(F)ccc1NCc1cccc(C(=O)O)c1. The standard InChI is InChI=1S/C15H13FN2O3/c16-11-4-5-13(12(7-11)14(17)19)18-8-9-2-1-3-10(6-9)15(20)21/h1-7,18H,8H2,(H2,17,19)(H,20,21). The Morgan fingerprint density at radius 2 is 1.95 bits per heavy atom. The molecule has 2 aromatic rings. The molecule has 0 aromatic heterocycles. The summed E-state index contributed by atoms with van der Waals surface area (Å²) in [6.07, 6.45) is 0. The van der Waals surface area contributed by atoms with Gasteiger partial charge < -0.3 is 16.2 Å². The lowest BCUT2D eigenvalue weighted by molar-refractivity contribution is 0.0696. The molecule has 0 fully saturated rings. The van der Waals surface area contributed by atoms with Gasteiger partial charge in [-0.2, -0.15) is 0 Å². The second-order valence-electron chi connectivity index (χ2n) is 4.41. The van der Waals surface area contributed by atoms with E-state index < -0.39 is 17.7 Å². The number of nitrogens with two attached hydrogens (primary N) is 1. The van der Waals surface area contributed by atoms with E-state index in [9.17, 15) is 14.0 Å². The Kier molecular flexibility index (Phi) is 4.18. The highest BCUT2D eigenvalue weighted by Gasteiger charge is 2.10. The quantitative estimate of drug-likeness (QED) is 0.786. The van der Waals surface area contributed by atoms with E-state index in [4.69, 9.17) is 10.8 Å². The summed E-state index contributed by atoms with van der Waals surface area (Å²) in [4.78, 5) is 22.2. The number of halogens is 1. The third kappa shape index (κ3) is 3.56. The van der Waals surface area contributed by atoms with Gasteiger partial charge >= 0.3 is 5.97 Å². The van der Waals surface area contributed by atoms with E-state index in [1.54, 1.807) is 12.1 Å². The van der Waals surface area contributed by atoms with Crippen molar-refractivity contribution in [3.63, 3.8) is 0 Å². The first-order valence-corrected chi connectivity index (χ1v) is 6.13. The van der Waals surface area contributed by atoms with Gasteiger partial charge in [0.25, 0.3) is 5.91 Å². The predicted molar refractivity (Wildman–Crippen MR) is 75.6 cm³/mol. The number of benzene rings is 2. The van der Waals surface area contributed by atoms with Crippen LogP contribution in [0.1, 0.15) is 26.3 Å². The number of hydrogen-bond donors (Lipinski definition) is 3. The van der Waals surface area contributed by atoms with Crippen molar-refractivity contribution in [3.05, 3.63) is 65.0 Å². The Hall–Kier alpha value is -2.89. The van der Waals surface area contributed by atoms with Crippen LogP contribution in [-0.2, 0) is 6.54 Å². The van der Waals surface area contributed by atoms with Crippen LogP contribution >= 0.6 is 0 Å². The van der Waals surface area contributed by atoms with E-state index in [0.717, 1.165) is 11.6 Å². The smallest absolute Gasteiger partial charge is 0.335 e. The molecule has 0 spiro atoms. The minimum atomic E-state index is -1.02. The van der Waals surface area contributed by atoms with Crippen LogP contribution in [0, 0.1) is 5.82 Å². The van der Waals surface area contributed by atoms with Gasteiger partial charge in [-0.15, -0.1) is 0 Å². The number of anilines is 1. The number of carboxylic acids is 1. The Balaban J connectivity index is 2.18. The van der Waals surface area contributed by atoms with Crippen LogP contribution in [0.2, 0.25) is 0 Å². The van der Waals surface area contributed by atoms with Gasteiger partial charge in [0, 0.05) is 12.2 Å². The van der Waals surface area contributed by atoms with E-state index in [-0.39, 0.29) is 17.7 Å². The van der Waals surface area contributed by atoms with Crippen molar-refractivity contribution in [2.75, 3.05) is 5.32 Å². The largest absolute Gasteiger partial charge is 0.478 e. The molecule has 0 atom stereocenters. The second-order valence-corrected chi connectivity index (χ2v) is 4.41. The molecule has 0 aliphatic heterocycles. The van der Waals surface area contributed by atoms with Gasteiger partial charge in [0.05, 0.1) is 11.1 Å². The molecule has 0 heterocycles. The number of carboxylic acid groups (broad SMARTS) is 1. The number of rotatable bonds is 5. The summed E-state index contributed by atoms with van der Waals surface area (Å²) in [5.74, 6) is -2.31. The molecule has 0 saturated heterocycles. The molecule has 0 unspecified atom stereocenters. The van der Waals surface area contributed by atoms with Crippen LogP contribution in [0.4, 0.5) is 10.1 Å². The number of carbonyl (C=O) groups is 2. The van der Waals surface area contributed by atoms with Crippen LogP contribution in [0.3, 0.4) is 0 Å². The maximum absolute atomic E-state index is 13.1. The number of nitrogens with one attached hydrogen (secondary N) is 1. The third-order valence-corrected chi connectivity index (χ3v) is 2.90. The molecule has 0 radical (unpaired) electrons. The molecule has 4 N–H and O–H groups in total. The van der Waals surface area contributed by atoms with Crippen molar-refractivity contribution in [2.24, 2.45) is 5.73 Å². The van der Waals surface area contributed by atoms with Gasteiger partial charge in [0.2, 0.25) is 0 Å². The topological polar surface area (TPSA) is 92.4 Å². The summed E-state index contributed by atoms with van der Waals surface area (Å²) >= 11 is 0. The summed E-state index contributed by atoms with van der Waals surface area (Å²) in [5, 5.41) is 11.9. The van der Waals surface area contributed by atoms with E-state index in [2.05, 4.69) is 5.32 Å². The fourth-order valence-corrected chi connectivity index (χ4v) is 1.89. The summed E-state index contributed by atoms with van der Waals surface area (Å²) in [7, 11) is 0. The van der Waals surface area contributed by atoms with Crippen LogP contribution in [-0.4, -0.2) is 17.0 Å². The normalized spacial score (nSPS) is 10.1. The van der Waals surface area contributed by atoms with Crippen molar-refractivity contribution in [2.45, 2.75) is 6.54 Å². The van der Waals surface area contributed by atoms with Gasteiger partial charge in [-0.25, -0.2) is 9.18 Å². The highest BCUT2D eigenvalue weighted by molar-refractivity contribution is 5.98.